The number of ether oxygens (including phenoxy) is 3. The Hall–Kier alpha value is -1.77. The second-order valence-corrected chi connectivity index (χ2v) is 7.80. The zero-order valence-corrected chi connectivity index (χ0v) is 15.3. The Balaban J connectivity index is 1.72. The van der Waals surface area contributed by atoms with Gasteiger partial charge in [0.15, 0.2) is 11.5 Å². The van der Waals surface area contributed by atoms with Crippen LogP contribution in [-0.2, 0) is 10.0 Å². The smallest absolute Gasteiger partial charge is 0.244 e. The summed E-state index contributed by atoms with van der Waals surface area (Å²) < 4.78 is 44.7. The van der Waals surface area contributed by atoms with Crippen LogP contribution >= 0.6 is 15.9 Å². The molecule has 1 aliphatic heterocycles. The van der Waals surface area contributed by atoms with Gasteiger partial charge >= 0.3 is 0 Å². The van der Waals surface area contributed by atoms with Crippen LogP contribution in [0.15, 0.2) is 51.8 Å². The summed E-state index contributed by atoms with van der Waals surface area (Å²) in [4.78, 5) is 0.0662. The van der Waals surface area contributed by atoms with Gasteiger partial charge in [-0.05, 0) is 30.3 Å². The molecule has 0 bridgehead atoms. The van der Waals surface area contributed by atoms with E-state index in [0.717, 1.165) is 0 Å². The van der Waals surface area contributed by atoms with E-state index in [-0.39, 0.29) is 23.8 Å². The first-order valence-electron chi connectivity index (χ1n) is 7.21. The maximum absolute atomic E-state index is 12.5. The van der Waals surface area contributed by atoms with Crippen LogP contribution in [0.1, 0.15) is 0 Å². The summed E-state index contributed by atoms with van der Waals surface area (Å²) >= 11 is 3.27. The van der Waals surface area contributed by atoms with Crippen molar-refractivity contribution >= 4 is 26.0 Å². The van der Waals surface area contributed by atoms with Crippen molar-refractivity contribution in [3.05, 3.63) is 46.9 Å². The van der Waals surface area contributed by atoms with E-state index in [1.807, 2.05) is 18.2 Å². The highest BCUT2D eigenvalue weighted by Gasteiger charge is 2.25. The molecule has 1 atom stereocenters. The summed E-state index contributed by atoms with van der Waals surface area (Å²) in [5, 5.41) is 0. The van der Waals surface area contributed by atoms with Crippen LogP contribution in [-0.4, -0.2) is 34.8 Å². The predicted molar refractivity (Wildman–Crippen MR) is 92.2 cm³/mol. The average Bonchev–Trinajstić information content (AvgIpc) is 2.60. The van der Waals surface area contributed by atoms with Crippen molar-refractivity contribution in [1.29, 1.82) is 0 Å². The normalized spacial score (nSPS) is 16.7. The molecule has 0 unspecified atom stereocenters. The average molecular weight is 414 g/mol. The molecule has 2 aromatic carbocycles. The summed E-state index contributed by atoms with van der Waals surface area (Å²) in [6, 6.07) is 12.1. The Morgan fingerprint density at radius 1 is 1.25 bits per heavy atom. The second-order valence-electron chi connectivity index (χ2n) is 5.14. The third-order valence-corrected chi connectivity index (χ3v) is 5.42. The van der Waals surface area contributed by atoms with Gasteiger partial charge in [0, 0.05) is 4.47 Å². The highest BCUT2D eigenvalue weighted by atomic mass is 79.9. The highest BCUT2D eigenvalue weighted by Crippen LogP contribution is 2.31. The Morgan fingerprint density at radius 2 is 2.00 bits per heavy atom. The molecule has 0 aromatic heterocycles. The van der Waals surface area contributed by atoms with Gasteiger partial charge in [0.2, 0.25) is 10.0 Å². The molecule has 2 aromatic rings. The lowest BCUT2D eigenvalue weighted by atomic mass is 10.2. The van der Waals surface area contributed by atoms with Gasteiger partial charge in [-0.15, -0.1) is 0 Å². The van der Waals surface area contributed by atoms with E-state index in [1.54, 1.807) is 18.2 Å². The van der Waals surface area contributed by atoms with Gasteiger partial charge in [0.05, 0.1) is 13.7 Å². The van der Waals surface area contributed by atoms with Crippen LogP contribution in [0.25, 0.3) is 0 Å². The van der Waals surface area contributed by atoms with Crippen molar-refractivity contribution < 1.29 is 22.6 Å². The number of para-hydroxylation sites is 2. The van der Waals surface area contributed by atoms with Crippen molar-refractivity contribution in [3.63, 3.8) is 0 Å². The molecule has 0 aliphatic carbocycles. The predicted octanol–water partition coefficient (Wildman–Crippen LogP) is 2.58. The first-order chi connectivity index (χ1) is 11.5. The molecule has 1 aliphatic rings. The lowest BCUT2D eigenvalue weighted by Gasteiger charge is -2.26. The van der Waals surface area contributed by atoms with E-state index in [4.69, 9.17) is 14.2 Å². The van der Waals surface area contributed by atoms with Crippen LogP contribution in [0.4, 0.5) is 0 Å². The lowest BCUT2D eigenvalue weighted by molar-refractivity contribution is 0.0943. The largest absolute Gasteiger partial charge is 0.495 e. The second kappa shape index (κ2) is 7.00. The van der Waals surface area contributed by atoms with E-state index in [1.165, 1.54) is 13.2 Å². The Labute approximate surface area is 148 Å². The number of sulfonamides is 1. The molecule has 1 N–H and O–H groups in total. The quantitative estimate of drug-likeness (QED) is 0.814. The van der Waals surface area contributed by atoms with Gasteiger partial charge in [-0.3, -0.25) is 0 Å². The first kappa shape index (κ1) is 17.1. The van der Waals surface area contributed by atoms with Crippen molar-refractivity contribution in [1.82, 2.24) is 4.72 Å². The number of benzene rings is 2. The van der Waals surface area contributed by atoms with Gasteiger partial charge in [-0.2, -0.15) is 0 Å². The maximum atomic E-state index is 12.5. The van der Waals surface area contributed by atoms with Crippen LogP contribution in [0.3, 0.4) is 0 Å². The summed E-state index contributed by atoms with van der Waals surface area (Å²) in [5.41, 5.74) is 0. The SMILES string of the molecule is COc1ccc(Br)cc1S(=O)(=O)NC[C@H]1COc2ccccc2O1. The fourth-order valence-electron chi connectivity index (χ4n) is 2.30. The molecule has 1 heterocycles. The van der Waals surface area contributed by atoms with Crippen LogP contribution in [0, 0.1) is 0 Å². The maximum Gasteiger partial charge on any atom is 0.244 e. The molecule has 0 saturated heterocycles. The Bertz CT molecular complexity index is 840. The minimum absolute atomic E-state index is 0.0662. The van der Waals surface area contributed by atoms with Gasteiger partial charge in [0.25, 0.3) is 0 Å². The van der Waals surface area contributed by atoms with Gasteiger partial charge in [-0.25, -0.2) is 13.1 Å². The summed E-state index contributed by atoms with van der Waals surface area (Å²) in [6.07, 6.45) is -0.409. The fourth-order valence-corrected chi connectivity index (χ4v) is 4.08. The van der Waals surface area contributed by atoms with Crippen LogP contribution < -0.4 is 18.9 Å². The molecule has 24 heavy (non-hydrogen) atoms. The Morgan fingerprint density at radius 3 is 2.75 bits per heavy atom. The van der Waals surface area contributed by atoms with Crippen molar-refractivity contribution in [2.75, 3.05) is 20.3 Å². The number of halogens is 1. The summed E-state index contributed by atoms with van der Waals surface area (Å²) in [5.74, 6) is 1.54. The topological polar surface area (TPSA) is 73.9 Å². The van der Waals surface area contributed by atoms with E-state index in [0.29, 0.717) is 16.0 Å². The third kappa shape index (κ3) is 3.66. The zero-order valence-electron chi connectivity index (χ0n) is 12.9. The van der Waals surface area contributed by atoms with Gasteiger partial charge < -0.3 is 14.2 Å². The van der Waals surface area contributed by atoms with E-state index in [9.17, 15) is 8.42 Å². The van der Waals surface area contributed by atoms with Crippen molar-refractivity contribution in [3.8, 4) is 17.2 Å². The first-order valence-corrected chi connectivity index (χ1v) is 9.49. The molecular formula is C16H16BrNO5S. The number of fused-ring (bicyclic) bond motifs is 1. The van der Waals surface area contributed by atoms with Crippen LogP contribution in [0.5, 0.6) is 17.2 Å². The fraction of sp³-hybridized carbons (Fsp3) is 0.250. The molecule has 3 rings (SSSR count). The lowest BCUT2D eigenvalue weighted by Crippen LogP contribution is -2.40. The van der Waals surface area contributed by atoms with Crippen LogP contribution in [0.2, 0.25) is 0 Å². The van der Waals surface area contributed by atoms with E-state index < -0.39 is 16.1 Å². The summed E-state index contributed by atoms with van der Waals surface area (Å²) in [7, 11) is -2.31. The van der Waals surface area contributed by atoms with Gasteiger partial charge in [0.1, 0.15) is 23.4 Å². The molecule has 6 nitrogen and oxygen atoms in total. The number of rotatable bonds is 5. The standard InChI is InChI=1S/C16H16BrNO5S/c1-21-15-7-6-11(17)8-16(15)24(19,20)18-9-12-10-22-13-4-2-3-5-14(13)23-12/h2-8,12,18H,9-10H2,1H3/t12-/m0/s1. The third-order valence-electron chi connectivity index (χ3n) is 3.48. The number of methoxy groups -OCH3 is 1. The molecule has 0 saturated carbocycles. The summed E-state index contributed by atoms with van der Waals surface area (Å²) in [6.45, 7) is 0.363. The molecule has 128 valence electrons. The molecule has 0 fully saturated rings. The van der Waals surface area contributed by atoms with E-state index in [2.05, 4.69) is 20.7 Å². The number of hydrogen-bond donors (Lipinski definition) is 1. The molecule has 0 radical (unpaired) electrons. The minimum atomic E-state index is -3.74. The number of nitrogens with one attached hydrogen (secondary N) is 1. The Kier molecular flexibility index (Phi) is 4.98. The minimum Gasteiger partial charge on any atom is -0.495 e. The number of hydrogen-bond acceptors (Lipinski definition) is 5. The molecule has 0 spiro atoms. The molecule has 8 heteroatoms. The molecule has 0 amide bonds. The van der Waals surface area contributed by atoms with Crippen molar-refractivity contribution in [2.45, 2.75) is 11.0 Å². The van der Waals surface area contributed by atoms with E-state index >= 15 is 0 Å². The monoisotopic (exact) mass is 413 g/mol. The van der Waals surface area contributed by atoms with Crippen molar-refractivity contribution in [2.24, 2.45) is 0 Å². The zero-order chi connectivity index (χ0) is 17.2. The molecular weight excluding hydrogens is 398 g/mol. The van der Waals surface area contributed by atoms with Gasteiger partial charge in [-0.1, -0.05) is 28.1 Å². The highest BCUT2D eigenvalue weighted by molar-refractivity contribution is 9.10.